The minimum Gasteiger partial charge on any atom is -0.219 e. The van der Waals surface area contributed by atoms with E-state index in [0.29, 0.717) is 6.61 Å². The third kappa shape index (κ3) is 21.8. The van der Waals surface area contributed by atoms with Crippen molar-refractivity contribution in [2.45, 2.75) is 103 Å². The van der Waals surface area contributed by atoms with Crippen LogP contribution in [0.4, 0.5) is 0 Å². The lowest BCUT2D eigenvalue weighted by Gasteiger charge is -2.03. The molecule has 0 saturated heterocycles. The van der Waals surface area contributed by atoms with E-state index in [1.165, 1.54) is 83.5 Å². The molecule has 0 aromatic heterocycles. The van der Waals surface area contributed by atoms with Crippen molar-refractivity contribution in [1.29, 1.82) is 0 Å². The van der Waals surface area contributed by atoms with Crippen molar-refractivity contribution in [3.63, 3.8) is 0 Å². The Kier molecular flexibility index (Phi) is 22.5. The first-order valence-electron chi connectivity index (χ1n) is 9.66. The molecule has 0 unspecified atom stereocenters. The Balaban J connectivity index is 2.93. The van der Waals surface area contributed by atoms with Crippen molar-refractivity contribution < 1.29 is 30.3 Å². The zero-order valence-electron chi connectivity index (χ0n) is 15.4. The lowest BCUT2D eigenvalue weighted by molar-refractivity contribution is -0.752. The van der Waals surface area contributed by atoms with Gasteiger partial charge in [0.15, 0.2) is 0 Å². The van der Waals surface area contributed by atoms with E-state index in [1.807, 2.05) is 6.42 Å². The molecule has 1 radical (unpaired) electrons. The molecule has 0 aromatic carbocycles. The summed E-state index contributed by atoms with van der Waals surface area (Å²) in [7, 11) is 0. The van der Waals surface area contributed by atoms with E-state index in [1.54, 1.807) is 0 Å². The SMILES string of the molecule is CCCCCCCCCCCCCCCC[CH]COOOOOO. The molecule has 0 heterocycles. The molecule has 0 rings (SSSR count). The number of hydrogen-bond donors (Lipinski definition) is 1. The van der Waals surface area contributed by atoms with Gasteiger partial charge in [0.1, 0.15) is 0 Å². The molecule has 0 spiro atoms. The molecule has 145 valence electrons. The van der Waals surface area contributed by atoms with Gasteiger partial charge in [-0.05, 0) is 33.0 Å². The van der Waals surface area contributed by atoms with Gasteiger partial charge in [0, 0.05) is 0 Å². The fourth-order valence-electron chi connectivity index (χ4n) is 2.69. The van der Waals surface area contributed by atoms with Gasteiger partial charge in [0.05, 0.1) is 6.61 Å². The largest absolute Gasteiger partial charge is 0.219 e. The van der Waals surface area contributed by atoms with Crippen molar-refractivity contribution >= 4 is 0 Å². The van der Waals surface area contributed by atoms with Gasteiger partial charge in [-0.15, -0.1) is 0 Å². The maximum Gasteiger partial charge on any atom is 0.0886 e. The van der Waals surface area contributed by atoms with E-state index < -0.39 is 0 Å². The maximum absolute atomic E-state index is 7.73. The second-order valence-corrected chi connectivity index (χ2v) is 6.24. The summed E-state index contributed by atoms with van der Waals surface area (Å²) in [5.74, 6) is 0. The summed E-state index contributed by atoms with van der Waals surface area (Å²) in [5, 5.41) is 22.3. The smallest absolute Gasteiger partial charge is 0.0886 e. The van der Waals surface area contributed by atoms with E-state index in [0.717, 1.165) is 12.8 Å². The Morgan fingerprint density at radius 3 is 1.62 bits per heavy atom. The van der Waals surface area contributed by atoms with Crippen LogP contribution in [0.3, 0.4) is 0 Å². The average molecular weight is 349 g/mol. The predicted octanol–water partition coefficient (Wildman–Crippen LogP) is 6.28. The van der Waals surface area contributed by atoms with Crippen molar-refractivity contribution in [2.24, 2.45) is 0 Å². The molecule has 0 fully saturated rings. The second-order valence-electron chi connectivity index (χ2n) is 6.24. The minimum absolute atomic E-state index is 0.299. The number of hydrogen-bond acceptors (Lipinski definition) is 6. The van der Waals surface area contributed by atoms with Gasteiger partial charge in [-0.2, -0.15) is 0 Å². The van der Waals surface area contributed by atoms with Crippen LogP contribution in [0.25, 0.3) is 0 Å². The fraction of sp³-hybridized carbons (Fsp3) is 0.944. The van der Waals surface area contributed by atoms with Crippen LogP contribution in [0, 0.1) is 6.42 Å². The minimum atomic E-state index is 0.299. The summed E-state index contributed by atoms with van der Waals surface area (Å²) < 4.78 is 0. The second kappa shape index (κ2) is 22.8. The zero-order valence-corrected chi connectivity index (χ0v) is 15.4. The zero-order chi connectivity index (χ0) is 17.6. The fourth-order valence-corrected chi connectivity index (χ4v) is 2.69. The number of unbranched alkanes of at least 4 members (excludes halogenated alkanes) is 15. The molecule has 0 aliphatic heterocycles. The molecule has 1 N–H and O–H groups in total. The van der Waals surface area contributed by atoms with Gasteiger partial charge in [-0.25, -0.2) is 10.1 Å². The van der Waals surface area contributed by atoms with E-state index >= 15 is 0 Å². The van der Waals surface area contributed by atoms with Gasteiger partial charge in [-0.1, -0.05) is 96.8 Å². The first-order chi connectivity index (χ1) is 11.9. The molecule has 0 saturated carbocycles. The van der Waals surface area contributed by atoms with Gasteiger partial charge in [0.25, 0.3) is 0 Å². The first kappa shape index (κ1) is 23.8. The highest BCUT2D eigenvalue weighted by molar-refractivity contribution is 4.62. The van der Waals surface area contributed by atoms with Crippen molar-refractivity contribution in [1.82, 2.24) is 0 Å². The molecule has 0 aliphatic carbocycles. The Hall–Kier alpha value is -0.240. The van der Waals surface area contributed by atoms with E-state index in [2.05, 4.69) is 32.0 Å². The molecule has 0 bridgehead atoms. The Morgan fingerprint density at radius 1 is 0.625 bits per heavy atom. The van der Waals surface area contributed by atoms with Crippen LogP contribution >= 0.6 is 0 Å². The maximum atomic E-state index is 7.73. The van der Waals surface area contributed by atoms with Gasteiger partial charge >= 0.3 is 0 Å². The van der Waals surface area contributed by atoms with Crippen LogP contribution in [0.15, 0.2) is 0 Å². The highest BCUT2D eigenvalue weighted by Gasteiger charge is 1.96. The molecule has 0 atom stereocenters. The summed E-state index contributed by atoms with van der Waals surface area (Å²) >= 11 is 0. The van der Waals surface area contributed by atoms with E-state index in [4.69, 9.17) is 5.26 Å². The molecule has 0 aliphatic rings. The van der Waals surface area contributed by atoms with Crippen LogP contribution in [0.2, 0.25) is 0 Å². The van der Waals surface area contributed by atoms with Crippen LogP contribution < -0.4 is 0 Å². The Bertz CT molecular complexity index is 194. The Labute approximate surface area is 147 Å². The van der Waals surface area contributed by atoms with Gasteiger partial charge < -0.3 is 0 Å². The molecule has 6 nitrogen and oxygen atoms in total. The molecular weight excluding hydrogens is 312 g/mol. The summed E-state index contributed by atoms with van der Waals surface area (Å²) in [6.45, 7) is 2.57. The molecule has 0 amide bonds. The first-order valence-corrected chi connectivity index (χ1v) is 9.66. The topological polar surface area (TPSA) is 66.4 Å². The molecular formula is C18H37O6. The quantitative estimate of drug-likeness (QED) is 0.149. The van der Waals surface area contributed by atoms with Crippen LogP contribution in [-0.2, 0) is 25.0 Å². The van der Waals surface area contributed by atoms with Crippen LogP contribution in [-0.4, -0.2) is 11.9 Å². The lowest BCUT2D eigenvalue weighted by atomic mass is 10.0. The average Bonchev–Trinajstić information content (AvgIpc) is 2.60. The normalized spacial score (nSPS) is 11.2. The summed E-state index contributed by atoms with van der Waals surface area (Å²) in [6, 6.07) is 0. The van der Waals surface area contributed by atoms with Crippen LogP contribution in [0.1, 0.15) is 103 Å². The summed E-state index contributed by atoms with van der Waals surface area (Å²) in [6.07, 6.45) is 22.1. The third-order valence-corrected chi connectivity index (χ3v) is 4.08. The highest BCUT2D eigenvalue weighted by atomic mass is 17.8. The number of rotatable bonds is 21. The standard InChI is InChI=1S/C18H37O6/c1-2-3-4-5-6-7-8-9-10-11-12-13-14-15-16-17-18-20-22-24-23-21-19/h17,19H,2-16,18H2,1H3. The van der Waals surface area contributed by atoms with Crippen molar-refractivity contribution in [2.75, 3.05) is 6.61 Å². The van der Waals surface area contributed by atoms with Gasteiger partial charge in [0.2, 0.25) is 0 Å². The van der Waals surface area contributed by atoms with Crippen molar-refractivity contribution in [3.8, 4) is 0 Å². The Morgan fingerprint density at radius 2 is 1.12 bits per heavy atom. The summed E-state index contributed by atoms with van der Waals surface area (Å²) in [5.41, 5.74) is 0. The van der Waals surface area contributed by atoms with E-state index in [9.17, 15) is 0 Å². The molecule has 24 heavy (non-hydrogen) atoms. The van der Waals surface area contributed by atoms with Crippen LogP contribution in [0.5, 0.6) is 0 Å². The lowest BCUT2D eigenvalue weighted by Crippen LogP contribution is -2.00. The van der Waals surface area contributed by atoms with E-state index in [-0.39, 0.29) is 0 Å². The summed E-state index contributed by atoms with van der Waals surface area (Å²) in [4.78, 5) is 4.56. The molecule has 6 heteroatoms. The predicted molar refractivity (Wildman–Crippen MR) is 92.1 cm³/mol. The monoisotopic (exact) mass is 349 g/mol. The van der Waals surface area contributed by atoms with Gasteiger partial charge in [-0.3, -0.25) is 0 Å². The van der Waals surface area contributed by atoms with Crippen molar-refractivity contribution in [3.05, 3.63) is 6.42 Å². The molecule has 0 aromatic rings. The third-order valence-electron chi connectivity index (χ3n) is 4.08. The highest BCUT2D eigenvalue weighted by Crippen LogP contribution is 2.13.